The van der Waals surface area contributed by atoms with E-state index in [-0.39, 0.29) is 0 Å². The van der Waals surface area contributed by atoms with Crippen LogP contribution in [-0.4, -0.2) is 36.9 Å². The van der Waals surface area contributed by atoms with Crippen LogP contribution in [0.25, 0.3) is 10.9 Å². The van der Waals surface area contributed by atoms with E-state index < -0.39 is 0 Å². The molecule has 0 unspecified atom stereocenters. The Morgan fingerprint density at radius 1 is 1.20 bits per heavy atom. The van der Waals surface area contributed by atoms with Gasteiger partial charge in [-0.1, -0.05) is 0 Å². The first kappa shape index (κ1) is 18.2. The second-order valence-electron chi connectivity index (χ2n) is 7.12. The van der Waals surface area contributed by atoms with Crippen LogP contribution in [0.5, 0.6) is 5.75 Å². The molecule has 0 amide bonds. The average molecular weight is 342 g/mol. The lowest BCUT2D eigenvalue weighted by atomic mass is 9.80. The van der Waals surface area contributed by atoms with Crippen molar-refractivity contribution in [1.29, 1.82) is 0 Å². The van der Waals surface area contributed by atoms with Gasteiger partial charge in [-0.15, -0.1) is 0 Å². The number of nitrogens with zero attached hydrogens (tertiary/aromatic N) is 1. The number of benzene rings is 1. The van der Waals surface area contributed by atoms with Crippen LogP contribution >= 0.6 is 0 Å². The molecule has 2 aromatic rings. The molecule has 2 N–H and O–H groups in total. The van der Waals surface area contributed by atoms with E-state index in [1.807, 2.05) is 18.3 Å². The number of aryl methyl sites for hydroxylation is 1. The summed E-state index contributed by atoms with van der Waals surface area (Å²) >= 11 is 0. The van der Waals surface area contributed by atoms with Gasteiger partial charge in [0, 0.05) is 18.2 Å². The Balaban J connectivity index is 1.62. The number of nitrogens with one attached hydrogen (secondary N) is 1. The highest BCUT2D eigenvalue weighted by Gasteiger charge is 2.23. The third kappa shape index (κ3) is 4.71. The van der Waals surface area contributed by atoms with Gasteiger partial charge in [-0.2, -0.15) is 0 Å². The molecule has 1 fully saturated rings. The number of ether oxygens (including phenoxy) is 1. The maximum atomic E-state index is 9.11. The zero-order valence-electron chi connectivity index (χ0n) is 15.2. The number of fused-ring (bicyclic) bond motifs is 1. The predicted molar refractivity (Wildman–Crippen MR) is 102 cm³/mol. The zero-order chi connectivity index (χ0) is 17.5. The van der Waals surface area contributed by atoms with E-state index in [4.69, 9.17) is 9.84 Å². The minimum Gasteiger partial charge on any atom is -0.497 e. The number of hydrogen-bond donors (Lipinski definition) is 2. The third-order valence-corrected chi connectivity index (χ3v) is 5.56. The Morgan fingerprint density at radius 3 is 2.92 bits per heavy atom. The van der Waals surface area contributed by atoms with Gasteiger partial charge < -0.3 is 15.2 Å². The molecule has 1 saturated heterocycles. The summed E-state index contributed by atoms with van der Waals surface area (Å²) in [5, 5.41) is 13.8. The van der Waals surface area contributed by atoms with E-state index >= 15 is 0 Å². The fraction of sp³-hybridized carbons (Fsp3) is 0.571. The summed E-state index contributed by atoms with van der Waals surface area (Å²) in [4.78, 5) is 4.47. The summed E-state index contributed by atoms with van der Waals surface area (Å²) in [5.41, 5.74) is 2.41. The highest BCUT2D eigenvalue weighted by molar-refractivity contribution is 5.83. The summed E-state index contributed by atoms with van der Waals surface area (Å²) in [6, 6.07) is 8.26. The first-order valence-electron chi connectivity index (χ1n) is 9.55. The lowest BCUT2D eigenvalue weighted by Crippen LogP contribution is -2.36. The SMILES string of the molecule is COc1ccc2nccc(CCC[C@@H]3CCNC[C@@H]3CCCO)c2c1. The van der Waals surface area contributed by atoms with Crippen LogP contribution in [0.4, 0.5) is 0 Å². The topological polar surface area (TPSA) is 54.4 Å². The van der Waals surface area contributed by atoms with Crippen LogP contribution in [0, 0.1) is 11.8 Å². The molecular weight excluding hydrogens is 312 g/mol. The molecule has 2 heterocycles. The van der Waals surface area contributed by atoms with Crippen molar-refractivity contribution in [2.45, 2.75) is 38.5 Å². The molecule has 0 aliphatic carbocycles. The smallest absolute Gasteiger partial charge is 0.119 e. The molecule has 1 aromatic carbocycles. The first-order chi connectivity index (χ1) is 12.3. The number of aliphatic hydroxyl groups is 1. The molecule has 1 aliphatic rings. The van der Waals surface area contributed by atoms with Crippen LogP contribution in [-0.2, 0) is 6.42 Å². The van der Waals surface area contributed by atoms with Crippen molar-refractivity contribution >= 4 is 10.9 Å². The largest absolute Gasteiger partial charge is 0.497 e. The van der Waals surface area contributed by atoms with Crippen molar-refractivity contribution < 1.29 is 9.84 Å². The van der Waals surface area contributed by atoms with Gasteiger partial charge in [0.05, 0.1) is 12.6 Å². The molecular formula is C21H30N2O2. The van der Waals surface area contributed by atoms with Crippen molar-refractivity contribution in [1.82, 2.24) is 10.3 Å². The Kier molecular flexibility index (Phi) is 6.65. The second-order valence-corrected chi connectivity index (χ2v) is 7.12. The number of pyridine rings is 1. The monoisotopic (exact) mass is 342 g/mol. The van der Waals surface area contributed by atoms with E-state index in [0.29, 0.717) is 6.61 Å². The lowest BCUT2D eigenvalue weighted by molar-refractivity contribution is 0.199. The van der Waals surface area contributed by atoms with E-state index in [1.54, 1.807) is 7.11 Å². The van der Waals surface area contributed by atoms with Gasteiger partial charge in [-0.3, -0.25) is 4.98 Å². The number of aliphatic hydroxyl groups excluding tert-OH is 1. The fourth-order valence-corrected chi connectivity index (χ4v) is 4.13. The maximum Gasteiger partial charge on any atom is 0.119 e. The van der Waals surface area contributed by atoms with E-state index in [9.17, 15) is 0 Å². The van der Waals surface area contributed by atoms with Crippen LogP contribution in [0.1, 0.15) is 37.7 Å². The van der Waals surface area contributed by atoms with Crippen LogP contribution in [0.3, 0.4) is 0 Å². The number of piperidine rings is 1. The molecule has 4 heteroatoms. The molecule has 0 bridgehead atoms. The maximum absolute atomic E-state index is 9.11. The van der Waals surface area contributed by atoms with Crippen molar-refractivity contribution in [2.75, 3.05) is 26.8 Å². The minimum absolute atomic E-state index is 0.314. The highest BCUT2D eigenvalue weighted by Crippen LogP contribution is 2.29. The van der Waals surface area contributed by atoms with Crippen molar-refractivity contribution in [3.8, 4) is 5.75 Å². The normalized spacial score (nSPS) is 20.7. The van der Waals surface area contributed by atoms with Gasteiger partial charge in [0.25, 0.3) is 0 Å². The minimum atomic E-state index is 0.314. The Bertz CT molecular complexity index is 674. The first-order valence-corrected chi connectivity index (χ1v) is 9.55. The average Bonchev–Trinajstić information content (AvgIpc) is 2.67. The Labute approximate surface area is 150 Å². The molecule has 1 aromatic heterocycles. The zero-order valence-corrected chi connectivity index (χ0v) is 15.2. The molecule has 3 rings (SSSR count). The molecule has 0 spiro atoms. The molecule has 1 aliphatic heterocycles. The van der Waals surface area contributed by atoms with E-state index in [2.05, 4.69) is 22.4 Å². The second kappa shape index (κ2) is 9.16. The molecule has 2 atom stereocenters. The molecule has 4 nitrogen and oxygen atoms in total. The number of rotatable bonds is 8. The summed E-state index contributed by atoms with van der Waals surface area (Å²) in [5.74, 6) is 2.40. The summed E-state index contributed by atoms with van der Waals surface area (Å²) in [6.45, 7) is 2.56. The molecule has 0 radical (unpaired) electrons. The van der Waals surface area contributed by atoms with Gasteiger partial charge in [-0.05, 0) is 93.3 Å². The lowest BCUT2D eigenvalue weighted by Gasteiger charge is -2.32. The van der Waals surface area contributed by atoms with Crippen LogP contribution in [0.2, 0.25) is 0 Å². The predicted octanol–water partition coefficient (Wildman–Crippen LogP) is 3.56. The van der Waals surface area contributed by atoms with Crippen molar-refractivity contribution in [3.63, 3.8) is 0 Å². The molecule has 25 heavy (non-hydrogen) atoms. The molecule has 136 valence electrons. The number of hydrogen-bond acceptors (Lipinski definition) is 4. The quantitative estimate of drug-likeness (QED) is 0.770. The summed E-state index contributed by atoms with van der Waals surface area (Å²) in [6.07, 6.45) is 8.81. The standard InChI is InChI=1S/C21H30N2O2/c1-25-19-7-8-21-20(14-19)17(10-12-23-21)5-2-4-16-9-11-22-15-18(16)6-3-13-24/h7-8,10,12,14,16,18,22,24H,2-6,9,11,13,15H2,1H3/t16-,18+/m1/s1. The van der Waals surface area contributed by atoms with Crippen molar-refractivity contribution in [3.05, 3.63) is 36.0 Å². The van der Waals surface area contributed by atoms with Crippen molar-refractivity contribution in [2.24, 2.45) is 11.8 Å². The van der Waals surface area contributed by atoms with E-state index in [1.165, 1.54) is 30.2 Å². The van der Waals surface area contributed by atoms with Gasteiger partial charge in [0.1, 0.15) is 5.75 Å². The third-order valence-electron chi connectivity index (χ3n) is 5.56. The number of methoxy groups -OCH3 is 1. The van der Waals surface area contributed by atoms with Gasteiger partial charge in [-0.25, -0.2) is 0 Å². The van der Waals surface area contributed by atoms with Gasteiger partial charge in [0.15, 0.2) is 0 Å². The summed E-state index contributed by atoms with van der Waals surface area (Å²) < 4.78 is 5.37. The summed E-state index contributed by atoms with van der Waals surface area (Å²) in [7, 11) is 1.71. The highest BCUT2D eigenvalue weighted by atomic mass is 16.5. The van der Waals surface area contributed by atoms with E-state index in [0.717, 1.165) is 55.5 Å². The Morgan fingerprint density at radius 2 is 2.08 bits per heavy atom. The van der Waals surface area contributed by atoms with Gasteiger partial charge in [0.2, 0.25) is 0 Å². The number of aromatic nitrogens is 1. The Hall–Kier alpha value is -1.65. The van der Waals surface area contributed by atoms with Crippen LogP contribution < -0.4 is 10.1 Å². The van der Waals surface area contributed by atoms with Crippen LogP contribution in [0.15, 0.2) is 30.5 Å². The van der Waals surface area contributed by atoms with Gasteiger partial charge >= 0.3 is 0 Å². The fourth-order valence-electron chi connectivity index (χ4n) is 4.13. The molecule has 0 saturated carbocycles.